The van der Waals surface area contributed by atoms with Crippen molar-refractivity contribution in [2.75, 3.05) is 20.3 Å². The van der Waals surface area contributed by atoms with Gasteiger partial charge in [0, 0.05) is 0 Å². The third kappa shape index (κ3) is 5.39. The summed E-state index contributed by atoms with van der Waals surface area (Å²) < 4.78 is 11.0. The van der Waals surface area contributed by atoms with Crippen LogP contribution in [0, 0.1) is 5.41 Å². The average Bonchev–Trinajstić information content (AvgIpc) is 2.46. The normalized spacial score (nSPS) is 11.4. The second-order valence-corrected chi connectivity index (χ2v) is 5.82. The van der Waals surface area contributed by atoms with E-state index in [-0.39, 0.29) is 12.0 Å². The van der Waals surface area contributed by atoms with Crippen molar-refractivity contribution in [1.29, 1.82) is 0 Å². The number of ether oxygens (including phenoxy) is 2. The quantitative estimate of drug-likeness (QED) is 0.683. The van der Waals surface area contributed by atoms with Crippen LogP contribution in [0.5, 0.6) is 11.5 Å². The zero-order chi connectivity index (χ0) is 15.0. The van der Waals surface area contributed by atoms with E-state index >= 15 is 0 Å². The van der Waals surface area contributed by atoms with Crippen LogP contribution in [0.2, 0.25) is 0 Å². The summed E-state index contributed by atoms with van der Waals surface area (Å²) >= 11 is 0. The minimum absolute atomic E-state index is 0.00477. The van der Waals surface area contributed by atoms with Gasteiger partial charge >= 0.3 is 0 Å². The molecule has 1 rings (SSSR count). The molecule has 20 heavy (non-hydrogen) atoms. The summed E-state index contributed by atoms with van der Waals surface area (Å²) in [4.78, 5) is 0. The van der Waals surface area contributed by atoms with Crippen LogP contribution in [0.15, 0.2) is 18.2 Å². The fraction of sp³-hybridized carbons (Fsp3) is 0.625. The van der Waals surface area contributed by atoms with E-state index in [0.29, 0.717) is 18.9 Å². The Kier molecular flexibility index (Phi) is 6.82. The van der Waals surface area contributed by atoms with Crippen LogP contribution in [0.4, 0.5) is 0 Å². The second kappa shape index (κ2) is 8.12. The summed E-state index contributed by atoms with van der Waals surface area (Å²) in [7, 11) is 1.60. The Bertz CT molecular complexity index is 405. The zero-order valence-corrected chi connectivity index (χ0v) is 12.8. The van der Waals surface area contributed by atoms with Gasteiger partial charge in [-0.25, -0.2) is 0 Å². The van der Waals surface area contributed by atoms with Crippen LogP contribution in [0.1, 0.15) is 38.7 Å². The molecule has 0 spiro atoms. The molecule has 3 N–H and O–H groups in total. The van der Waals surface area contributed by atoms with Crippen LogP contribution in [-0.2, 0) is 6.61 Å². The molecule has 0 saturated heterocycles. The minimum Gasteiger partial charge on any atom is -0.493 e. The standard InChI is InChI=1S/C16H27NO3/c1-16(2,12-17)8-4-5-9-20-14-7-6-13(11-18)10-15(14)19-3/h6-7,10,18H,4-5,8-9,11-12,17H2,1-3H3. The van der Waals surface area contributed by atoms with Crippen molar-refractivity contribution >= 4 is 0 Å². The summed E-state index contributed by atoms with van der Waals surface area (Å²) in [6, 6.07) is 5.48. The molecule has 0 aromatic heterocycles. The van der Waals surface area contributed by atoms with Crippen molar-refractivity contribution in [1.82, 2.24) is 0 Å². The van der Waals surface area contributed by atoms with E-state index in [1.54, 1.807) is 13.2 Å². The lowest BCUT2D eigenvalue weighted by molar-refractivity contribution is 0.265. The minimum atomic E-state index is 0.00477. The van der Waals surface area contributed by atoms with Gasteiger partial charge in [-0.15, -0.1) is 0 Å². The van der Waals surface area contributed by atoms with Crippen LogP contribution >= 0.6 is 0 Å². The number of aliphatic hydroxyl groups is 1. The van der Waals surface area contributed by atoms with Gasteiger partial charge in [0.2, 0.25) is 0 Å². The van der Waals surface area contributed by atoms with Crippen molar-refractivity contribution in [2.24, 2.45) is 11.1 Å². The van der Waals surface area contributed by atoms with Gasteiger partial charge in [0.05, 0.1) is 20.3 Å². The lowest BCUT2D eigenvalue weighted by Crippen LogP contribution is -2.23. The first-order valence-electron chi connectivity index (χ1n) is 7.13. The monoisotopic (exact) mass is 281 g/mol. The first-order valence-corrected chi connectivity index (χ1v) is 7.13. The van der Waals surface area contributed by atoms with Gasteiger partial charge in [0.15, 0.2) is 11.5 Å². The fourth-order valence-corrected chi connectivity index (χ4v) is 1.92. The van der Waals surface area contributed by atoms with Crippen molar-refractivity contribution in [3.05, 3.63) is 23.8 Å². The summed E-state index contributed by atoms with van der Waals surface area (Å²) in [5, 5.41) is 9.09. The Morgan fingerprint density at radius 3 is 2.55 bits per heavy atom. The molecule has 0 amide bonds. The molecule has 0 fully saturated rings. The van der Waals surface area contributed by atoms with Gasteiger partial charge < -0.3 is 20.3 Å². The maximum Gasteiger partial charge on any atom is 0.161 e. The SMILES string of the molecule is COc1cc(CO)ccc1OCCCCC(C)(C)CN. The largest absolute Gasteiger partial charge is 0.493 e. The van der Waals surface area contributed by atoms with Gasteiger partial charge in [-0.2, -0.15) is 0 Å². The second-order valence-electron chi connectivity index (χ2n) is 5.82. The summed E-state index contributed by atoms with van der Waals surface area (Å²) in [6.45, 7) is 5.75. The molecule has 4 nitrogen and oxygen atoms in total. The third-order valence-electron chi connectivity index (χ3n) is 3.47. The molecular formula is C16H27NO3. The number of nitrogens with two attached hydrogens (primary N) is 1. The Morgan fingerprint density at radius 1 is 1.20 bits per heavy atom. The van der Waals surface area contributed by atoms with Crippen molar-refractivity contribution in [3.63, 3.8) is 0 Å². The molecule has 0 aliphatic carbocycles. The van der Waals surface area contributed by atoms with Crippen LogP contribution in [0.25, 0.3) is 0 Å². The lowest BCUT2D eigenvalue weighted by Gasteiger charge is -2.21. The molecule has 0 aliphatic heterocycles. The van der Waals surface area contributed by atoms with Gasteiger partial charge in [-0.3, -0.25) is 0 Å². The number of hydrogen-bond donors (Lipinski definition) is 2. The van der Waals surface area contributed by atoms with E-state index in [1.165, 1.54) is 0 Å². The van der Waals surface area contributed by atoms with Gasteiger partial charge in [-0.1, -0.05) is 19.9 Å². The molecule has 0 aliphatic rings. The molecule has 1 aromatic carbocycles. The number of aliphatic hydroxyl groups excluding tert-OH is 1. The first kappa shape index (κ1) is 16.8. The molecule has 0 radical (unpaired) electrons. The smallest absolute Gasteiger partial charge is 0.161 e. The molecule has 0 heterocycles. The summed E-state index contributed by atoms with van der Waals surface area (Å²) in [5.41, 5.74) is 6.74. The average molecular weight is 281 g/mol. The Morgan fingerprint density at radius 2 is 1.95 bits per heavy atom. The van der Waals surface area contributed by atoms with Crippen molar-refractivity contribution in [3.8, 4) is 11.5 Å². The highest BCUT2D eigenvalue weighted by molar-refractivity contribution is 5.42. The predicted octanol–water partition coefficient (Wildman–Crippen LogP) is 2.72. The van der Waals surface area contributed by atoms with Crippen molar-refractivity contribution in [2.45, 2.75) is 39.7 Å². The van der Waals surface area contributed by atoms with Crippen LogP contribution < -0.4 is 15.2 Å². The van der Waals surface area contributed by atoms with Crippen molar-refractivity contribution < 1.29 is 14.6 Å². The fourth-order valence-electron chi connectivity index (χ4n) is 1.92. The maximum absolute atomic E-state index is 9.09. The Hall–Kier alpha value is -1.26. The zero-order valence-electron chi connectivity index (χ0n) is 12.8. The molecule has 0 saturated carbocycles. The van der Waals surface area contributed by atoms with E-state index in [2.05, 4.69) is 13.8 Å². The molecule has 0 bridgehead atoms. The summed E-state index contributed by atoms with van der Waals surface area (Å²) in [5.74, 6) is 1.39. The third-order valence-corrected chi connectivity index (χ3v) is 3.47. The van der Waals surface area contributed by atoms with Gasteiger partial charge in [0.25, 0.3) is 0 Å². The number of unbranched alkanes of at least 4 members (excludes halogenated alkanes) is 1. The highest BCUT2D eigenvalue weighted by Crippen LogP contribution is 2.28. The van der Waals surface area contributed by atoms with Gasteiger partial charge in [-0.05, 0) is 48.9 Å². The predicted molar refractivity (Wildman–Crippen MR) is 81.1 cm³/mol. The molecule has 0 unspecified atom stereocenters. The topological polar surface area (TPSA) is 64.7 Å². The van der Waals surface area contributed by atoms with E-state index in [4.69, 9.17) is 20.3 Å². The number of benzene rings is 1. The molecule has 1 aromatic rings. The number of hydrogen-bond acceptors (Lipinski definition) is 4. The van der Waals surface area contributed by atoms with E-state index in [1.807, 2.05) is 12.1 Å². The number of methoxy groups -OCH3 is 1. The Labute approximate surface area is 121 Å². The van der Waals surface area contributed by atoms with E-state index in [9.17, 15) is 0 Å². The van der Waals surface area contributed by atoms with E-state index < -0.39 is 0 Å². The highest BCUT2D eigenvalue weighted by atomic mass is 16.5. The van der Waals surface area contributed by atoms with Gasteiger partial charge in [0.1, 0.15) is 0 Å². The number of rotatable bonds is 9. The lowest BCUT2D eigenvalue weighted by atomic mass is 9.87. The summed E-state index contributed by atoms with van der Waals surface area (Å²) in [6.07, 6.45) is 3.20. The molecule has 0 atom stereocenters. The van der Waals surface area contributed by atoms with E-state index in [0.717, 1.165) is 30.6 Å². The van der Waals surface area contributed by atoms with Crippen LogP contribution in [-0.4, -0.2) is 25.4 Å². The van der Waals surface area contributed by atoms with Crippen LogP contribution in [0.3, 0.4) is 0 Å². The molecule has 114 valence electrons. The highest BCUT2D eigenvalue weighted by Gasteiger charge is 2.14. The molecule has 4 heteroatoms. The maximum atomic E-state index is 9.09. The Balaban J connectivity index is 2.39. The molecular weight excluding hydrogens is 254 g/mol. The first-order chi connectivity index (χ1) is 9.52.